The molecule has 2 heterocycles. The van der Waals surface area contributed by atoms with Crippen LogP contribution in [0.4, 0.5) is 4.79 Å². The Bertz CT molecular complexity index is 1080. The first-order valence-electron chi connectivity index (χ1n) is 17.5. The second-order valence-corrected chi connectivity index (χ2v) is 15.8. The third kappa shape index (κ3) is 15.7. The molecule has 0 spiro atoms. The molecule has 0 unspecified atom stereocenters. The maximum atomic E-state index is 13.0. The van der Waals surface area contributed by atoms with Gasteiger partial charge in [0.15, 0.2) is 0 Å². The van der Waals surface area contributed by atoms with E-state index in [1.54, 1.807) is 0 Å². The first-order valence-corrected chi connectivity index (χ1v) is 20.3. The predicted octanol–water partition coefficient (Wildman–Crippen LogP) is 6.68. The smallest absolute Gasteiger partial charge is 0.330 e. The SMILES string of the molecule is CCO[P@](=O)(CCCCCCCCCC(=O)NCCCCCNC(=O)CCCC[C@H]1SC[C@H]2NC(=O)N[C@@H]21)OCc1ccccc1. The average Bonchev–Trinajstić information content (AvgIpc) is 3.60. The van der Waals surface area contributed by atoms with E-state index in [9.17, 15) is 18.9 Å². The zero-order valence-electron chi connectivity index (χ0n) is 27.8. The molecular weight excluding hydrogens is 623 g/mol. The Kier molecular flexibility index (Phi) is 18.8. The van der Waals surface area contributed by atoms with Crippen LogP contribution in [0.1, 0.15) is 109 Å². The minimum absolute atomic E-state index is 0.0523. The summed E-state index contributed by atoms with van der Waals surface area (Å²) in [6, 6.07) is 10.2. The molecule has 2 aliphatic heterocycles. The number of hydrogen-bond acceptors (Lipinski definition) is 7. The maximum Gasteiger partial charge on any atom is 0.330 e. The molecule has 2 fully saturated rings. The topological polar surface area (TPSA) is 135 Å². The summed E-state index contributed by atoms with van der Waals surface area (Å²) < 4.78 is 24.2. The summed E-state index contributed by atoms with van der Waals surface area (Å²) in [6.07, 6.45) is 14.3. The van der Waals surface area contributed by atoms with Crippen LogP contribution >= 0.6 is 19.4 Å². The monoisotopic (exact) mass is 680 g/mol. The van der Waals surface area contributed by atoms with Gasteiger partial charge in [-0.2, -0.15) is 11.8 Å². The quantitative estimate of drug-likeness (QED) is 0.0487. The van der Waals surface area contributed by atoms with Crippen LogP contribution in [0.3, 0.4) is 0 Å². The van der Waals surface area contributed by atoms with Crippen LogP contribution < -0.4 is 21.3 Å². The molecule has 1 aromatic rings. The van der Waals surface area contributed by atoms with Crippen LogP contribution in [0.25, 0.3) is 0 Å². The lowest BCUT2D eigenvalue weighted by atomic mass is 10.0. The molecule has 10 nitrogen and oxygen atoms in total. The highest BCUT2D eigenvalue weighted by molar-refractivity contribution is 8.00. The van der Waals surface area contributed by atoms with Gasteiger partial charge in [-0.3, -0.25) is 14.2 Å². The van der Waals surface area contributed by atoms with Crippen molar-refractivity contribution in [1.29, 1.82) is 0 Å². The first kappa shape index (κ1) is 38.4. The Balaban J connectivity index is 1.05. The summed E-state index contributed by atoms with van der Waals surface area (Å²) in [5.41, 5.74) is 0.991. The van der Waals surface area contributed by atoms with Gasteiger partial charge < -0.3 is 30.3 Å². The molecule has 2 saturated heterocycles. The van der Waals surface area contributed by atoms with Crippen molar-refractivity contribution >= 4 is 37.2 Å². The van der Waals surface area contributed by atoms with Crippen molar-refractivity contribution in [2.75, 3.05) is 31.6 Å². The van der Waals surface area contributed by atoms with Gasteiger partial charge in [-0.05, 0) is 57.4 Å². The van der Waals surface area contributed by atoms with Gasteiger partial charge in [0.05, 0.1) is 31.5 Å². The number of hydrogen-bond donors (Lipinski definition) is 4. The molecule has 0 aliphatic carbocycles. The van der Waals surface area contributed by atoms with Gasteiger partial charge >= 0.3 is 13.6 Å². The first-order chi connectivity index (χ1) is 22.4. The number of amides is 4. The summed E-state index contributed by atoms with van der Waals surface area (Å²) >= 11 is 1.91. The minimum Gasteiger partial charge on any atom is -0.356 e. The van der Waals surface area contributed by atoms with Crippen molar-refractivity contribution in [2.45, 2.75) is 127 Å². The van der Waals surface area contributed by atoms with Crippen LogP contribution in [0.2, 0.25) is 0 Å². The molecular formula is C34H57N4O6PS. The van der Waals surface area contributed by atoms with Crippen molar-refractivity contribution in [3.05, 3.63) is 35.9 Å². The van der Waals surface area contributed by atoms with Gasteiger partial charge in [-0.25, -0.2) is 4.79 Å². The van der Waals surface area contributed by atoms with Crippen molar-refractivity contribution < 1.29 is 28.0 Å². The number of fused-ring (bicyclic) bond motifs is 1. The van der Waals surface area contributed by atoms with E-state index in [-0.39, 0.29) is 29.9 Å². The number of urea groups is 1. The molecule has 3 rings (SSSR count). The lowest BCUT2D eigenvalue weighted by Crippen LogP contribution is -2.36. The molecule has 46 heavy (non-hydrogen) atoms. The minimum atomic E-state index is -3.07. The van der Waals surface area contributed by atoms with E-state index < -0.39 is 7.60 Å². The number of unbranched alkanes of at least 4 members (excludes halogenated alkanes) is 9. The fourth-order valence-corrected chi connectivity index (χ4v) is 9.14. The normalized spacial score (nSPS) is 20.0. The van der Waals surface area contributed by atoms with Crippen LogP contribution in [-0.4, -0.2) is 66.8 Å². The van der Waals surface area contributed by atoms with E-state index in [2.05, 4.69) is 21.3 Å². The average molecular weight is 681 g/mol. The number of carbonyl (C=O) groups is 3. The van der Waals surface area contributed by atoms with E-state index >= 15 is 0 Å². The Morgan fingerprint density at radius 1 is 0.826 bits per heavy atom. The lowest BCUT2D eigenvalue weighted by molar-refractivity contribution is -0.121. The Morgan fingerprint density at radius 3 is 2.11 bits per heavy atom. The standard InChI is InChI=1S/C34H57N4O6PS/c1-2-43-45(42,44-26-28-18-10-8-11-19-28)25-17-7-5-3-4-6-12-21-31(39)35-23-15-9-16-24-36-32(40)22-14-13-20-30-33-29(27-46-30)37-34(41)38-33/h8,10-11,18-19,29-30,33H,2-7,9,12-17,20-27H2,1H3,(H,35,39)(H,36,40)(H2,37,38,41)/t29-,30-,33+,45-/m1/s1. The van der Waals surface area contributed by atoms with E-state index in [4.69, 9.17) is 9.05 Å². The molecule has 2 aliphatic rings. The van der Waals surface area contributed by atoms with E-state index in [0.717, 1.165) is 94.8 Å². The largest absolute Gasteiger partial charge is 0.356 e. The zero-order valence-corrected chi connectivity index (χ0v) is 29.5. The highest BCUT2D eigenvalue weighted by Gasteiger charge is 2.42. The van der Waals surface area contributed by atoms with Gasteiger partial charge in [-0.15, -0.1) is 0 Å². The molecule has 260 valence electrons. The Hall–Kier alpha value is -2.07. The molecule has 0 saturated carbocycles. The summed E-state index contributed by atoms with van der Waals surface area (Å²) in [5.74, 6) is 1.20. The molecule has 0 aromatic heterocycles. The van der Waals surface area contributed by atoms with Crippen LogP contribution in [0.5, 0.6) is 0 Å². The second-order valence-electron chi connectivity index (χ2n) is 12.4. The van der Waals surface area contributed by atoms with Crippen LogP contribution in [-0.2, 0) is 29.8 Å². The molecule has 4 amide bonds. The van der Waals surface area contributed by atoms with Gasteiger partial charge in [0.2, 0.25) is 11.8 Å². The highest BCUT2D eigenvalue weighted by Crippen LogP contribution is 2.49. The Labute approximate surface area is 280 Å². The van der Waals surface area contributed by atoms with E-state index in [0.29, 0.717) is 50.6 Å². The van der Waals surface area contributed by atoms with Crippen molar-refractivity contribution in [3.63, 3.8) is 0 Å². The van der Waals surface area contributed by atoms with Crippen molar-refractivity contribution in [3.8, 4) is 0 Å². The molecule has 4 atom stereocenters. The summed E-state index contributed by atoms with van der Waals surface area (Å²) in [5, 5.41) is 12.5. The molecule has 0 bridgehead atoms. The van der Waals surface area contributed by atoms with E-state index in [1.807, 2.05) is 49.0 Å². The van der Waals surface area contributed by atoms with Crippen molar-refractivity contribution in [1.82, 2.24) is 21.3 Å². The van der Waals surface area contributed by atoms with Gasteiger partial charge in [0.25, 0.3) is 0 Å². The molecule has 12 heteroatoms. The lowest BCUT2D eigenvalue weighted by Gasteiger charge is -2.18. The molecule has 1 aromatic carbocycles. The number of rotatable bonds is 26. The van der Waals surface area contributed by atoms with E-state index in [1.165, 1.54) is 0 Å². The zero-order chi connectivity index (χ0) is 32.9. The van der Waals surface area contributed by atoms with Gasteiger partial charge in [0, 0.05) is 36.9 Å². The third-order valence-electron chi connectivity index (χ3n) is 8.51. The van der Waals surface area contributed by atoms with Crippen LogP contribution in [0, 0.1) is 0 Å². The van der Waals surface area contributed by atoms with Gasteiger partial charge in [0.1, 0.15) is 0 Å². The number of nitrogens with one attached hydrogen (secondary N) is 4. The summed E-state index contributed by atoms with van der Waals surface area (Å²) in [7, 11) is -3.07. The number of thioether (sulfide) groups is 1. The number of carbonyl (C=O) groups excluding carboxylic acids is 3. The third-order valence-corrected chi connectivity index (χ3v) is 12.1. The fraction of sp³-hybridized carbons (Fsp3) is 0.735. The van der Waals surface area contributed by atoms with Crippen molar-refractivity contribution in [2.24, 2.45) is 0 Å². The highest BCUT2D eigenvalue weighted by atomic mass is 32.2. The molecule has 0 radical (unpaired) electrons. The Morgan fingerprint density at radius 2 is 1.43 bits per heavy atom. The summed E-state index contributed by atoms with van der Waals surface area (Å²) in [4.78, 5) is 35.7. The number of benzene rings is 1. The van der Waals surface area contributed by atoms with Gasteiger partial charge in [-0.1, -0.05) is 68.9 Å². The predicted molar refractivity (Wildman–Crippen MR) is 186 cm³/mol. The van der Waals surface area contributed by atoms with Crippen LogP contribution in [0.15, 0.2) is 30.3 Å². The summed E-state index contributed by atoms with van der Waals surface area (Å²) in [6.45, 7) is 3.89. The second kappa shape index (κ2) is 22.5. The molecule has 4 N–H and O–H groups in total. The maximum absolute atomic E-state index is 13.0. The fourth-order valence-electron chi connectivity index (χ4n) is 5.92.